The van der Waals surface area contributed by atoms with Crippen molar-refractivity contribution in [1.82, 2.24) is 4.72 Å². The van der Waals surface area contributed by atoms with Crippen molar-refractivity contribution in [2.24, 2.45) is 0 Å². The molecule has 6 nitrogen and oxygen atoms in total. The third-order valence-corrected chi connectivity index (χ3v) is 4.40. The molecule has 1 aromatic carbocycles. The molecule has 2 N–H and O–H groups in total. The number of ether oxygens (including phenoxy) is 1. The van der Waals surface area contributed by atoms with E-state index < -0.39 is 10.0 Å². The number of fused-ring (bicyclic) bond motifs is 1. The third kappa shape index (κ3) is 3.49. The van der Waals surface area contributed by atoms with E-state index in [1.165, 1.54) is 19.1 Å². The molecule has 0 fully saturated rings. The van der Waals surface area contributed by atoms with Crippen LogP contribution in [0.2, 0.25) is 0 Å². The predicted molar refractivity (Wildman–Crippen MR) is 75.5 cm³/mol. The van der Waals surface area contributed by atoms with Gasteiger partial charge in [0.25, 0.3) is 0 Å². The molecule has 0 spiro atoms. The van der Waals surface area contributed by atoms with Crippen LogP contribution < -0.4 is 14.8 Å². The Bertz CT molecular complexity index is 613. The Labute approximate surface area is 118 Å². The monoisotopic (exact) mass is 298 g/mol. The van der Waals surface area contributed by atoms with Crippen molar-refractivity contribution in [2.45, 2.75) is 31.3 Å². The molecule has 0 amide bonds. The van der Waals surface area contributed by atoms with Gasteiger partial charge in [-0.15, -0.1) is 0 Å². The first kappa shape index (κ1) is 14.8. The summed E-state index contributed by atoms with van der Waals surface area (Å²) in [5.41, 5.74) is 0.664. The number of nitrogens with one attached hydrogen (secondary N) is 2. The van der Waals surface area contributed by atoms with Crippen LogP contribution in [0, 0.1) is 0 Å². The van der Waals surface area contributed by atoms with Crippen molar-refractivity contribution in [3.8, 4) is 5.75 Å². The standard InChI is InChI=1S/C13H18N2O4S/c1-9(16)5-6-15-20(17,18)11-3-4-13-12(7-11)14-8-10(2)19-13/h3-4,7,10,14-15H,5-6,8H2,1-2H3. The second-order valence-electron chi connectivity index (χ2n) is 4.82. The van der Waals surface area contributed by atoms with Crippen molar-refractivity contribution < 1.29 is 17.9 Å². The lowest BCUT2D eigenvalue weighted by atomic mass is 10.2. The summed E-state index contributed by atoms with van der Waals surface area (Å²) >= 11 is 0. The molecule has 0 aromatic heterocycles. The molecule has 0 aliphatic carbocycles. The highest BCUT2D eigenvalue weighted by Gasteiger charge is 2.20. The van der Waals surface area contributed by atoms with Gasteiger partial charge in [0.2, 0.25) is 10.0 Å². The van der Waals surface area contributed by atoms with E-state index in [2.05, 4.69) is 10.0 Å². The number of rotatable bonds is 5. The zero-order valence-electron chi connectivity index (χ0n) is 11.5. The van der Waals surface area contributed by atoms with Gasteiger partial charge in [0, 0.05) is 13.0 Å². The number of hydrogen-bond acceptors (Lipinski definition) is 5. The maximum absolute atomic E-state index is 12.1. The minimum atomic E-state index is -3.60. The van der Waals surface area contributed by atoms with E-state index in [1.807, 2.05) is 6.92 Å². The molecule has 1 aromatic rings. The summed E-state index contributed by atoms with van der Waals surface area (Å²) in [5.74, 6) is 0.591. The number of hydrogen-bond donors (Lipinski definition) is 2. The van der Waals surface area contributed by atoms with Crippen LogP contribution in [0.25, 0.3) is 0 Å². The van der Waals surface area contributed by atoms with Crippen LogP contribution in [0.1, 0.15) is 20.3 Å². The van der Waals surface area contributed by atoms with Crippen LogP contribution in [-0.4, -0.2) is 33.4 Å². The summed E-state index contributed by atoms with van der Waals surface area (Å²) in [6.07, 6.45) is 0.238. The van der Waals surface area contributed by atoms with Crippen molar-refractivity contribution >= 4 is 21.5 Å². The number of Topliss-reactive ketones (excluding diaryl/α,β-unsaturated/α-hetero) is 1. The quantitative estimate of drug-likeness (QED) is 0.851. The van der Waals surface area contributed by atoms with Crippen LogP contribution in [0.3, 0.4) is 0 Å². The second-order valence-corrected chi connectivity index (χ2v) is 6.58. The van der Waals surface area contributed by atoms with Gasteiger partial charge in [0.05, 0.1) is 17.1 Å². The van der Waals surface area contributed by atoms with Crippen LogP contribution in [-0.2, 0) is 14.8 Å². The first-order chi connectivity index (χ1) is 9.38. The largest absolute Gasteiger partial charge is 0.487 e. The summed E-state index contributed by atoms with van der Waals surface area (Å²) in [7, 11) is -3.60. The highest BCUT2D eigenvalue weighted by molar-refractivity contribution is 7.89. The number of sulfonamides is 1. The van der Waals surface area contributed by atoms with Gasteiger partial charge in [0.1, 0.15) is 17.6 Å². The summed E-state index contributed by atoms with van der Waals surface area (Å²) < 4.78 is 32.1. The van der Waals surface area contributed by atoms with Gasteiger partial charge in [-0.25, -0.2) is 13.1 Å². The Morgan fingerprint density at radius 2 is 2.25 bits per heavy atom. The van der Waals surface area contributed by atoms with Crippen molar-refractivity contribution in [2.75, 3.05) is 18.4 Å². The van der Waals surface area contributed by atoms with Gasteiger partial charge < -0.3 is 10.1 Å². The fourth-order valence-electron chi connectivity index (χ4n) is 1.87. The maximum Gasteiger partial charge on any atom is 0.240 e. The molecule has 1 aliphatic heterocycles. The lowest BCUT2D eigenvalue weighted by Crippen LogP contribution is -2.29. The van der Waals surface area contributed by atoms with E-state index >= 15 is 0 Å². The topological polar surface area (TPSA) is 84.5 Å². The van der Waals surface area contributed by atoms with E-state index in [9.17, 15) is 13.2 Å². The molecule has 1 unspecified atom stereocenters. The summed E-state index contributed by atoms with van der Waals surface area (Å²) in [5, 5.41) is 3.13. The minimum Gasteiger partial charge on any atom is -0.487 e. The Hall–Kier alpha value is -1.60. The van der Waals surface area contributed by atoms with Gasteiger partial charge in [0.15, 0.2) is 0 Å². The number of ketones is 1. The van der Waals surface area contributed by atoms with Crippen molar-refractivity contribution in [3.63, 3.8) is 0 Å². The van der Waals surface area contributed by atoms with E-state index in [0.29, 0.717) is 18.0 Å². The van der Waals surface area contributed by atoms with Crippen LogP contribution >= 0.6 is 0 Å². The normalized spacial score (nSPS) is 17.8. The molecule has 110 valence electrons. The van der Waals surface area contributed by atoms with Crippen LogP contribution in [0.5, 0.6) is 5.75 Å². The zero-order chi connectivity index (χ0) is 14.8. The van der Waals surface area contributed by atoms with Crippen molar-refractivity contribution in [3.05, 3.63) is 18.2 Å². The van der Waals surface area contributed by atoms with Crippen LogP contribution in [0.15, 0.2) is 23.1 Å². The van der Waals surface area contributed by atoms with Crippen molar-refractivity contribution in [1.29, 1.82) is 0 Å². The molecule has 1 aliphatic rings. The number of carbonyl (C=O) groups is 1. The summed E-state index contributed by atoms with van der Waals surface area (Å²) in [6, 6.07) is 4.67. The molecule has 20 heavy (non-hydrogen) atoms. The van der Waals surface area contributed by atoms with Gasteiger partial charge in [-0.05, 0) is 32.0 Å². The molecule has 1 heterocycles. The first-order valence-electron chi connectivity index (χ1n) is 6.42. The average Bonchev–Trinajstić information content (AvgIpc) is 2.37. The molecular weight excluding hydrogens is 280 g/mol. The maximum atomic E-state index is 12.1. The Kier molecular flexibility index (Phi) is 4.29. The Morgan fingerprint density at radius 3 is 2.95 bits per heavy atom. The molecular formula is C13H18N2O4S. The van der Waals surface area contributed by atoms with E-state index in [4.69, 9.17) is 4.74 Å². The van der Waals surface area contributed by atoms with E-state index in [-0.39, 0.29) is 29.7 Å². The Morgan fingerprint density at radius 1 is 1.50 bits per heavy atom. The number of anilines is 1. The SMILES string of the molecule is CC(=O)CCNS(=O)(=O)c1ccc2c(c1)NCC(C)O2. The molecule has 7 heteroatoms. The fraction of sp³-hybridized carbons (Fsp3) is 0.462. The smallest absolute Gasteiger partial charge is 0.240 e. The van der Waals surface area contributed by atoms with Gasteiger partial charge in [-0.2, -0.15) is 0 Å². The molecule has 0 saturated carbocycles. The van der Waals surface area contributed by atoms with Gasteiger partial charge >= 0.3 is 0 Å². The van der Waals surface area contributed by atoms with Gasteiger partial charge in [-0.1, -0.05) is 0 Å². The molecule has 2 rings (SSSR count). The molecule has 0 bridgehead atoms. The molecule has 0 radical (unpaired) electrons. The summed E-state index contributed by atoms with van der Waals surface area (Å²) in [6.45, 7) is 4.10. The lowest BCUT2D eigenvalue weighted by molar-refractivity contribution is -0.116. The number of carbonyl (C=O) groups excluding carboxylic acids is 1. The molecule has 1 atom stereocenters. The fourth-order valence-corrected chi connectivity index (χ4v) is 2.93. The average molecular weight is 298 g/mol. The zero-order valence-corrected chi connectivity index (χ0v) is 12.3. The first-order valence-corrected chi connectivity index (χ1v) is 7.90. The third-order valence-electron chi connectivity index (χ3n) is 2.94. The predicted octanol–water partition coefficient (Wildman–Crippen LogP) is 1.14. The van der Waals surface area contributed by atoms with Crippen LogP contribution in [0.4, 0.5) is 5.69 Å². The highest BCUT2D eigenvalue weighted by atomic mass is 32.2. The lowest BCUT2D eigenvalue weighted by Gasteiger charge is -2.25. The van der Waals surface area contributed by atoms with E-state index in [1.54, 1.807) is 6.07 Å². The van der Waals surface area contributed by atoms with Gasteiger partial charge in [-0.3, -0.25) is 4.79 Å². The second kappa shape index (κ2) is 5.80. The Balaban J connectivity index is 2.14. The highest BCUT2D eigenvalue weighted by Crippen LogP contribution is 2.31. The van der Waals surface area contributed by atoms with E-state index in [0.717, 1.165) is 0 Å². The minimum absolute atomic E-state index is 0.0535. The molecule has 0 saturated heterocycles. The number of benzene rings is 1. The summed E-state index contributed by atoms with van der Waals surface area (Å²) in [4.78, 5) is 11.0.